The van der Waals surface area contributed by atoms with E-state index in [1.54, 1.807) is 23.7 Å². The van der Waals surface area contributed by atoms with Gasteiger partial charge in [0.2, 0.25) is 0 Å². The lowest BCUT2D eigenvalue weighted by Gasteiger charge is -2.04. The molecule has 0 N–H and O–H groups in total. The van der Waals surface area contributed by atoms with Crippen LogP contribution < -0.4 is 0 Å². The summed E-state index contributed by atoms with van der Waals surface area (Å²) >= 11 is 1.60. The van der Waals surface area contributed by atoms with Gasteiger partial charge in [-0.2, -0.15) is 0 Å². The van der Waals surface area contributed by atoms with Gasteiger partial charge in [-0.05, 0) is 35.7 Å². The highest BCUT2D eigenvalue weighted by atomic mass is 32.1. The fraction of sp³-hybridized carbons (Fsp3) is 0.105. The molecule has 4 heterocycles. The van der Waals surface area contributed by atoms with Gasteiger partial charge in [0.25, 0.3) is 0 Å². The first-order chi connectivity index (χ1) is 12.2. The van der Waals surface area contributed by atoms with E-state index < -0.39 is 0 Å². The van der Waals surface area contributed by atoms with Crippen LogP contribution in [0.15, 0.2) is 60.4 Å². The number of thiophene rings is 1. The van der Waals surface area contributed by atoms with Crippen molar-refractivity contribution < 1.29 is 9.53 Å². The van der Waals surface area contributed by atoms with Crippen LogP contribution in [0.3, 0.4) is 0 Å². The maximum absolute atomic E-state index is 11.0. The minimum absolute atomic E-state index is 0.280. The van der Waals surface area contributed by atoms with Gasteiger partial charge in [0.15, 0.2) is 0 Å². The van der Waals surface area contributed by atoms with E-state index in [1.807, 2.05) is 48.0 Å². The number of fused-ring (bicyclic) bond motifs is 1. The van der Waals surface area contributed by atoms with E-state index in [1.165, 1.54) is 6.92 Å². The van der Waals surface area contributed by atoms with Crippen LogP contribution in [0.1, 0.15) is 12.5 Å². The number of aromatic nitrogens is 3. The highest BCUT2D eigenvalue weighted by Gasteiger charge is 2.17. The molecule has 4 aromatic rings. The van der Waals surface area contributed by atoms with Crippen molar-refractivity contribution in [1.82, 2.24) is 14.4 Å². The van der Waals surface area contributed by atoms with Crippen LogP contribution in [0.2, 0.25) is 0 Å². The average molecular weight is 349 g/mol. The number of nitrogens with zero attached hydrogens (tertiary/aromatic N) is 3. The molecule has 0 aromatic carbocycles. The van der Waals surface area contributed by atoms with E-state index in [-0.39, 0.29) is 12.6 Å². The lowest BCUT2D eigenvalue weighted by atomic mass is 10.1. The molecule has 0 saturated carbocycles. The van der Waals surface area contributed by atoms with Crippen LogP contribution in [0.4, 0.5) is 0 Å². The van der Waals surface area contributed by atoms with Crippen molar-refractivity contribution in [1.29, 1.82) is 0 Å². The number of imidazole rings is 1. The van der Waals surface area contributed by atoms with Crippen LogP contribution in [0.25, 0.3) is 27.5 Å². The Bertz CT molecular complexity index is 1040. The Labute approximate surface area is 148 Å². The lowest BCUT2D eigenvalue weighted by molar-refractivity contribution is -0.142. The van der Waals surface area contributed by atoms with Gasteiger partial charge in [-0.15, -0.1) is 11.3 Å². The molecule has 0 amide bonds. The Morgan fingerprint density at radius 2 is 2.08 bits per heavy atom. The zero-order chi connectivity index (χ0) is 17.2. The number of hydrogen-bond donors (Lipinski definition) is 0. The van der Waals surface area contributed by atoms with Crippen LogP contribution in [0, 0.1) is 0 Å². The predicted octanol–water partition coefficient (Wildman–Crippen LogP) is 4.19. The largest absolute Gasteiger partial charge is 0.461 e. The normalized spacial score (nSPS) is 10.9. The summed E-state index contributed by atoms with van der Waals surface area (Å²) < 4.78 is 7.16. The smallest absolute Gasteiger partial charge is 0.302 e. The van der Waals surface area contributed by atoms with E-state index in [0.29, 0.717) is 0 Å². The molecule has 6 heteroatoms. The van der Waals surface area contributed by atoms with Crippen molar-refractivity contribution in [3.8, 4) is 21.8 Å². The maximum Gasteiger partial charge on any atom is 0.302 e. The summed E-state index contributed by atoms with van der Waals surface area (Å²) in [5.41, 5.74) is 4.85. The number of esters is 1. The Morgan fingerprint density at radius 1 is 1.24 bits per heavy atom. The first kappa shape index (κ1) is 15.5. The highest BCUT2D eigenvalue weighted by molar-refractivity contribution is 7.13. The van der Waals surface area contributed by atoms with E-state index in [2.05, 4.69) is 9.38 Å². The molecule has 124 valence electrons. The molecule has 0 saturated heterocycles. The number of rotatable bonds is 4. The Kier molecular flexibility index (Phi) is 4.03. The first-order valence-electron chi connectivity index (χ1n) is 7.81. The van der Waals surface area contributed by atoms with Crippen molar-refractivity contribution in [2.75, 3.05) is 0 Å². The summed E-state index contributed by atoms with van der Waals surface area (Å²) in [6, 6.07) is 11.9. The van der Waals surface area contributed by atoms with Crippen molar-refractivity contribution >= 4 is 23.0 Å². The lowest BCUT2D eigenvalue weighted by Crippen LogP contribution is -1.97. The third-order valence-electron chi connectivity index (χ3n) is 3.81. The number of carbonyl (C=O) groups excluding carboxylic acids is 1. The molecule has 0 bridgehead atoms. The monoisotopic (exact) mass is 349 g/mol. The maximum atomic E-state index is 11.0. The second-order valence-electron chi connectivity index (χ2n) is 5.57. The molecule has 4 aromatic heterocycles. The summed E-state index contributed by atoms with van der Waals surface area (Å²) in [4.78, 5) is 21.0. The quantitative estimate of drug-likeness (QED) is 0.519. The molecule has 0 atom stereocenters. The number of hydrogen-bond acceptors (Lipinski definition) is 5. The molecule has 0 unspecified atom stereocenters. The Balaban J connectivity index is 1.83. The van der Waals surface area contributed by atoms with Crippen LogP contribution in [-0.2, 0) is 16.1 Å². The molecular formula is C19H15N3O2S. The van der Waals surface area contributed by atoms with E-state index >= 15 is 0 Å². The second-order valence-corrected chi connectivity index (χ2v) is 6.48. The van der Waals surface area contributed by atoms with E-state index in [0.717, 1.165) is 33.0 Å². The van der Waals surface area contributed by atoms with Gasteiger partial charge in [0.1, 0.15) is 17.9 Å². The molecule has 0 aliphatic carbocycles. The molecule has 4 rings (SSSR count). The van der Waals surface area contributed by atoms with Gasteiger partial charge in [-0.1, -0.05) is 6.07 Å². The summed E-state index contributed by atoms with van der Waals surface area (Å²) in [5.74, 6) is -0.280. The van der Waals surface area contributed by atoms with Gasteiger partial charge in [0, 0.05) is 36.6 Å². The van der Waals surface area contributed by atoms with Crippen molar-refractivity contribution in [3.05, 3.63) is 65.9 Å². The van der Waals surface area contributed by atoms with Gasteiger partial charge in [-0.25, -0.2) is 4.98 Å². The molecule has 0 aliphatic heterocycles. The Hall–Kier alpha value is -2.99. The molecule has 0 fully saturated rings. The third-order valence-corrected chi connectivity index (χ3v) is 4.80. The molecule has 25 heavy (non-hydrogen) atoms. The Morgan fingerprint density at radius 3 is 2.88 bits per heavy atom. The van der Waals surface area contributed by atoms with Crippen molar-refractivity contribution in [2.45, 2.75) is 13.5 Å². The standard InChI is InChI=1S/C19H15N3O2S/c1-13(23)24-11-14-10-16(25-12-14)18-19(15-5-7-20-8-6-15)22-9-3-2-4-17(22)21-18/h2-10,12H,11H2,1H3. The fourth-order valence-electron chi connectivity index (χ4n) is 2.71. The SMILES string of the molecule is CC(=O)OCc1csc(-c2nc3ccccn3c2-c2ccncc2)c1. The van der Waals surface area contributed by atoms with E-state index in [9.17, 15) is 4.79 Å². The van der Waals surface area contributed by atoms with Crippen LogP contribution in [0.5, 0.6) is 0 Å². The first-order valence-corrected chi connectivity index (χ1v) is 8.69. The van der Waals surface area contributed by atoms with Crippen LogP contribution >= 0.6 is 11.3 Å². The molecule has 0 radical (unpaired) electrons. The number of ether oxygens (including phenoxy) is 1. The number of carbonyl (C=O) groups is 1. The topological polar surface area (TPSA) is 56.5 Å². The molecule has 5 nitrogen and oxygen atoms in total. The van der Waals surface area contributed by atoms with Gasteiger partial charge < -0.3 is 4.74 Å². The van der Waals surface area contributed by atoms with Crippen molar-refractivity contribution in [3.63, 3.8) is 0 Å². The number of pyridine rings is 2. The summed E-state index contributed by atoms with van der Waals surface area (Å²) in [5, 5.41) is 2.00. The second kappa shape index (κ2) is 6.49. The summed E-state index contributed by atoms with van der Waals surface area (Å²) in [6.07, 6.45) is 5.57. The molecule has 0 aliphatic rings. The van der Waals surface area contributed by atoms with Crippen LogP contribution in [-0.4, -0.2) is 20.3 Å². The minimum Gasteiger partial charge on any atom is -0.461 e. The predicted molar refractivity (Wildman–Crippen MR) is 97.2 cm³/mol. The third kappa shape index (κ3) is 3.04. The zero-order valence-corrected chi connectivity index (χ0v) is 14.4. The fourth-order valence-corrected chi connectivity index (χ4v) is 3.60. The highest BCUT2D eigenvalue weighted by Crippen LogP contribution is 2.36. The minimum atomic E-state index is -0.280. The van der Waals surface area contributed by atoms with Gasteiger partial charge in [-0.3, -0.25) is 14.2 Å². The van der Waals surface area contributed by atoms with E-state index in [4.69, 9.17) is 9.72 Å². The average Bonchev–Trinajstić information content (AvgIpc) is 3.25. The molecule has 0 spiro atoms. The van der Waals surface area contributed by atoms with Gasteiger partial charge >= 0.3 is 5.97 Å². The van der Waals surface area contributed by atoms with Gasteiger partial charge in [0.05, 0.1) is 10.6 Å². The summed E-state index contributed by atoms with van der Waals surface area (Å²) in [7, 11) is 0. The summed E-state index contributed by atoms with van der Waals surface area (Å²) in [6.45, 7) is 1.70. The zero-order valence-electron chi connectivity index (χ0n) is 13.5. The molecular weight excluding hydrogens is 334 g/mol. The van der Waals surface area contributed by atoms with Crippen molar-refractivity contribution in [2.24, 2.45) is 0 Å².